The molecule has 1 rings (SSSR count). The minimum Gasteiger partial charge on any atom is -0.370 e. The monoisotopic (exact) mass is 373 g/mol. The summed E-state index contributed by atoms with van der Waals surface area (Å²) in [5.41, 5.74) is 4.94. The molecule has 0 aliphatic rings. The number of primary amides is 1. The van der Waals surface area contributed by atoms with E-state index < -0.39 is 55.2 Å². The minimum absolute atomic E-state index is 0.0568. The van der Waals surface area contributed by atoms with Gasteiger partial charge in [-0.25, -0.2) is 8.78 Å². The Hall–Kier alpha value is -2.32. The van der Waals surface area contributed by atoms with Gasteiger partial charge in [-0.15, -0.1) is 0 Å². The van der Waals surface area contributed by atoms with Gasteiger partial charge in [-0.05, 0) is 6.42 Å². The van der Waals surface area contributed by atoms with E-state index in [0.29, 0.717) is 5.76 Å². The number of nitrogens with two attached hydrogens (primary N) is 1. The van der Waals surface area contributed by atoms with Gasteiger partial charge in [0.2, 0.25) is 23.5 Å². The van der Waals surface area contributed by atoms with E-state index in [1.165, 1.54) is 6.07 Å². The van der Waals surface area contributed by atoms with Crippen molar-refractivity contribution in [2.45, 2.75) is 70.8 Å². The molecule has 9 heteroatoms. The molecule has 1 aromatic rings. The number of rotatable bonds is 11. The van der Waals surface area contributed by atoms with Crippen LogP contribution in [0, 0.1) is 0 Å². The average molecular weight is 373 g/mol. The molecule has 0 bridgehead atoms. The summed E-state index contributed by atoms with van der Waals surface area (Å²) < 4.78 is 32.2. The Kier molecular flexibility index (Phi) is 7.85. The van der Waals surface area contributed by atoms with Crippen molar-refractivity contribution in [3.05, 3.63) is 17.5 Å². The first-order chi connectivity index (χ1) is 12.1. The summed E-state index contributed by atoms with van der Waals surface area (Å²) in [6.07, 6.45) is -2.06. The third-order valence-corrected chi connectivity index (χ3v) is 3.86. The molecule has 3 N–H and O–H groups in total. The second-order valence-corrected chi connectivity index (χ2v) is 6.48. The van der Waals surface area contributed by atoms with Crippen LogP contribution in [-0.4, -0.2) is 34.7 Å². The van der Waals surface area contributed by atoms with Gasteiger partial charge < -0.3 is 15.6 Å². The molecule has 146 valence electrons. The number of hydrogen-bond donors (Lipinski definition) is 2. The molecule has 0 aliphatic heterocycles. The Morgan fingerprint density at radius 3 is 2.38 bits per heavy atom. The number of carbonyl (C=O) groups is 3. The minimum atomic E-state index is -3.17. The van der Waals surface area contributed by atoms with Gasteiger partial charge in [-0.2, -0.15) is 0 Å². The zero-order chi connectivity index (χ0) is 19.9. The summed E-state index contributed by atoms with van der Waals surface area (Å²) in [6, 6.07) is 0.645. The van der Waals surface area contributed by atoms with E-state index in [-0.39, 0.29) is 18.0 Å². The van der Waals surface area contributed by atoms with Crippen LogP contribution in [0.15, 0.2) is 10.6 Å². The molecule has 2 amide bonds. The molecular formula is C17H25F2N3O4. The Bertz CT molecular complexity index is 644. The quantitative estimate of drug-likeness (QED) is 0.578. The molecule has 1 heterocycles. The standard InChI is InChI=1S/C17H25F2N3O4/c1-4-11(16(25)12-9-13(10(2)3)26-22-12)21-15(24)6-8-17(18,19)7-5-14(20)23/h9-11H,4-8H2,1-3H3,(H2,20,23)(H,21,24). The van der Waals surface area contributed by atoms with Gasteiger partial charge >= 0.3 is 0 Å². The second-order valence-electron chi connectivity index (χ2n) is 6.48. The van der Waals surface area contributed by atoms with Gasteiger partial charge in [0.25, 0.3) is 0 Å². The normalized spacial score (nSPS) is 12.8. The second kappa shape index (κ2) is 9.40. The largest absolute Gasteiger partial charge is 0.370 e. The fourth-order valence-corrected chi connectivity index (χ4v) is 2.20. The number of carbonyl (C=O) groups excluding carboxylic acids is 3. The Morgan fingerprint density at radius 1 is 1.27 bits per heavy atom. The first kappa shape index (κ1) is 21.7. The number of aromatic nitrogens is 1. The van der Waals surface area contributed by atoms with Crippen molar-refractivity contribution in [3.63, 3.8) is 0 Å². The van der Waals surface area contributed by atoms with E-state index in [4.69, 9.17) is 10.3 Å². The highest BCUT2D eigenvalue weighted by atomic mass is 19.3. The van der Waals surface area contributed by atoms with Crippen molar-refractivity contribution in [2.24, 2.45) is 5.73 Å². The van der Waals surface area contributed by atoms with Crippen molar-refractivity contribution >= 4 is 17.6 Å². The molecule has 0 aliphatic carbocycles. The highest BCUT2D eigenvalue weighted by Gasteiger charge is 2.31. The van der Waals surface area contributed by atoms with Crippen LogP contribution in [0.5, 0.6) is 0 Å². The highest BCUT2D eigenvalue weighted by Crippen LogP contribution is 2.26. The maximum Gasteiger partial charge on any atom is 0.249 e. The fraction of sp³-hybridized carbons (Fsp3) is 0.647. The molecule has 1 unspecified atom stereocenters. The predicted molar refractivity (Wildman–Crippen MR) is 89.8 cm³/mol. The van der Waals surface area contributed by atoms with Crippen molar-refractivity contribution in [2.75, 3.05) is 0 Å². The van der Waals surface area contributed by atoms with Crippen molar-refractivity contribution in [1.29, 1.82) is 0 Å². The van der Waals surface area contributed by atoms with Crippen LogP contribution in [0.25, 0.3) is 0 Å². The Labute approximate surface area is 150 Å². The van der Waals surface area contributed by atoms with Crippen molar-refractivity contribution < 1.29 is 27.7 Å². The number of amides is 2. The van der Waals surface area contributed by atoms with Crippen LogP contribution in [-0.2, 0) is 9.59 Å². The first-order valence-corrected chi connectivity index (χ1v) is 8.52. The summed E-state index contributed by atoms with van der Waals surface area (Å²) in [5.74, 6) is -4.49. The third-order valence-electron chi connectivity index (χ3n) is 3.86. The summed E-state index contributed by atoms with van der Waals surface area (Å²) >= 11 is 0. The Balaban J connectivity index is 2.59. The molecule has 7 nitrogen and oxygen atoms in total. The molecule has 0 saturated heterocycles. The van der Waals surface area contributed by atoms with Gasteiger partial charge in [0.05, 0.1) is 6.04 Å². The van der Waals surface area contributed by atoms with Crippen LogP contribution in [0.4, 0.5) is 8.78 Å². The highest BCUT2D eigenvalue weighted by molar-refractivity contribution is 6.00. The van der Waals surface area contributed by atoms with Crippen molar-refractivity contribution in [3.8, 4) is 0 Å². The number of nitrogens with one attached hydrogen (secondary N) is 1. The summed E-state index contributed by atoms with van der Waals surface area (Å²) in [5, 5.41) is 6.15. The van der Waals surface area contributed by atoms with Gasteiger partial charge in [0.15, 0.2) is 5.69 Å². The molecule has 26 heavy (non-hydrogen) atoms. The average Bonchev–Trinajstić information content (AvgIpc) is 3.06. The maximum atomic E-state index is 13.6. The molecule has 0 fully saturated rings. The molecule has 0 radical (unpaired) electrons. The van der Waals surface area contributed by atoms with Crippen LogP contribution in [0.1, 0.15) is 75.0 Å². The summed E-state index contributed by atoms with van der Waals surface area (Å²) in [6.45, 7) is 5.45. The number of Topliss-reactive ketones (excluding diaryl/α,β-unsaturated/α-hetero) is 1. The molecule has 0 spiro atoms. The lowest BCUT2D eigenvalue weighted by atomic mass is 10.0. The van der Waals surface area contributed by atoms with E-state index in [1.54, 1.807) is 6.92 Å². The number of ketones is 1. The fourth-order valence-electron chi connectivity index (χ4n) is 2.20. The van der Waals surface area contributed by atoms with E-state index in [0.717, 1.165) is 0 Å². The van der Waals surface area contributed by atoms with Crippen LogP contribution < -0.4 is 11.1 Å². The zero-order valence-corrected chi connectivity index (χ0v) is 15.2. The third kappa shape index (κ3) is 6.89. The van der Waals surface area contributed by atoms with E-state index >= 15 is 0 Å². The molecule has 1 aromatic heterocycles. The van der Waals surface area contributed by atoms with Gasteiger partial charge in [0.1, 0.15) is 5.76 Å². The van der Waals surface area contributed by atoms with Gasteiger partial charge in [-0.3, -0.25) is 14.4 Å². The summed E-state index contributed by atoms with van der Waals surface area (Å²) in [7, 11) is 0. The van der Waals surface area contributed by atoms with E-state index in [2.05, 4.69) is 10.5 Å². The number of nitrogens with zero attached hydrogens (tertiary/aromatic N) is 1. The smallest absolute Gasteiger partial charge is 0.249 e. The lowest BCUT2D eigenvalue weighted by molar-refractivity contribution is -0.124. The molecule has 0 aromatic carbocycles. The number of halogens is 2. The molecule has 0 saturated carbocycles. The number of hydrogen-bond acceptors (Lipinski definition) is 5. The summed E-state index contributed by atoms with van der Waals surface area (Å²) in [4.78, 5) is 34.9. The van der Waals surface area contributed by atoms with Crippen molar-refractivity contribution in [1.82, 2.24) is 10.5 Å². The zero-order valence-electron chi connectivity index (χ0n) is 15.2. The number of alkyl halides is 2. The topological polar surface area (TPSA) is 115 Å². The molecule has 1 atom stereocenters. The van der Waals surface area contributed by atoms with Gasteiger partial charge in [0, 0.05) is 37.7 Å². The van der Waals surface area contributed by atoms with Crippen LogP contribution in [0.2, 0.25) is 0 Å². The maximum absolute atomic E-state index is 13.6. The Morgan fingerprint density at radius 2 is 1.88 bits per heavy atom. The van der Waals surface area contributed by atoms with E-state index in [1.807, 2.05) is 13.8 Å². The predicted octanol–water partition coefficient (Wildman–Crippen LogP) is 2.56. The first-order valence-electron chi connectivity index (χ1n) is 8.52. The van der Waals surface area contributed by atoms with Crippen LogP contribution in [0.3, 0.4) is 0 Å². The van der Waals surface area contributed by atoms with Gasteiger partial charge in [-0.1, -0.05) is 25.9 Å². The molecular weight excluding hydrogens is 348 g/mol. The van der Waals surface area contributed by atoms with Crippen LogP contribution >= 0.6 is 0 Å². The van der Waals surface area contributed by atoms with E-state index in [9.17, 15) is 23.2 Å². The lowest BCUT2D eigenvalue weighted by Crippen LogP contribution is -2.41. The lowest BCUT2D eigenvalue weighted by Gasteiger charge is -2.17. The SMILES string of the molecule is CCC(NC(=O)CCC(F)(F)CCC(N)=O)C(=O)c1cc(C(C)C)on1.